The van der Waals surface area contributed by atoms with E-state index in [9.17, 15) is 19.8 Å². The molecule has 0 radical (unpaired) electrons. The van der Waals surface area contributed by atoms with Gasteiger partial charge in [0.2, 0.25) is 0 Å². The Bertz CT molecular complexity index is 709. The van der Waals surface area contributed by atoms with Crippen molar-refractivity contribution >= 4 is 11.6 Å². The molecule has 0 saturated heterocycles. The third kappa shape index (κ3) is 6.88. The van der Waals surface area contributed by atoms with Crippen LogP contribution in [-0.2, 0) is 9.59 Å². The minimum Gasteiger partial charge on any atom is -0.396 e. The van der Waals surface area contributed by atoms with E-state index < -0.39 is 0 Å². The maximum absolute atomic E-state index is 12.6. The number of Topliss-reactive ketones (excluding diaryl/α,β-unsaturated/α-hetero) is 2. The average Bonchev–Trinajstić information content (AvgIpc) is 3.23. The summed E-state index contributed by atoms with van der Waals surface area (Å²) in [5.74, 6) is 0.226. The summed E-state index contributed by atoms with van der Waals surface area (Å²) in [5.41, 5.74) is 3.06. The zero-order valence-corrected chi connectivity index (χ0v) is 19.1. The third-order valence-corrected chi connectivity index (χ3v) is 6.26. The summed E-state index contributed by atoms with van der Waals surface area (Å²) in [4.78, 5) is 25.2. The molecule has 0 atom stereocenters. The first-order chi connectivity index (χ1) is 14.1. The summed E-state index contributed by atoms with van der Waals surface area (Å²) in [7, 11) is 0. The van der Waals surface area contributed by atoms with E-state index in [4.69, 9.17) is 0 Å². The van der Waals surface area contributed by atoms with Crippen LogP contribution in [0.1, 0.15) is 79.1 Å². The summed E-state index contributed by atoms with van der Waals surface area (Å²) < 4.78 is 0. The second-order valence-corrected chi connectivity index (χ2v) is 10.3. The van der Waals surface area contributed by atoms with Gasteiger partial charge in [0.1, 0.15) is 0 Å². The Balaban J connectivity index is 1.72. The van der Waals surface area contributed by atoms with Crippen molar-refractivity contribution in [3.63, 3.8) is 0 Å². The number of aliphatic hydroxyl groups is 2. The summed E-state index contributed by atoms with van der Waals surface area (Å²) in [5, 5.41) is 18.7. The minimum atomic E-state index is -0.105. The molecule has 0 aliphatic heterocycles. The highest BCUT2D eigenvalue weighted by Gasteiger charge is 2.24. The third-order valence-electron chi connectivity index (χ3n) is 6.26. The fraction of sp³-hybridized carbons (Fsp3) is 0.615. The molecule has 0 heterocycles. The molecule has 0 unspecified atom stereocenters. The Hall–Kier alpha value is -1.78. The SMILES string of the molecule is CC(C)(CO)CCCC1=CC=C(CCC2=CC=C(CCCC(C)(C)CO)C2=O)C1=O. The summed E-state index contributed by atoms with van der Waals surface area (Å²) in [6, 6.07) is 0. The summed E-state index contributed by atoms with van der Waals surface area (Å²) in [6.45, 7) is 8.43. The van der Waals surface area contributed by atoms with Crippen molar-refractivity contribution in [2.24, 2.45) is 10.8 Å². The fourth-order valence-corrected chi connectivity index (χ4v) is 3.85. The highest BCUT2D eigenvalue weighted by Crippen LogP contribution is 2.31. The smallest absolute Gasteiger partial charge is 0.184 e. The number of rotatable bonds is 13. The normalized spacial score (nSPS) is 17.3. The Labute approximate surface area is 181 Å². The van der Waals surface area contributed by atoms with Gasteiger partial charge in [0.25, 0.3) is 0 Å². The number of carbonyl (C=O) groups excluding carboxylic acids is 2. The summed E-state index contributed by atoms with van der Waals surface area (Å²) >= 11 is 0. The topological polar surface area (TPSA) is 74.6 Å². The largest absolute Gasteiger partial charge is 0.396 e. The Morgan fingerprint density at radius 2 is 0.900 bits per heavy atom. The van der Waals surface area contributed by atoms with Crippen LogP contribution < -0.4 is 0 Å². The van der Waals surface area contributed by atoms with Crippen LogP contribution in [0.25, 0.3) is 0 Å². The molecule has 2 aliphatic carbocycles. The second-order valence-electron chi connectivity index (χ2n) is 10.3. The number of ketones is 2. The lowest BCUT2D eigenvalue weighted by Gasteiger charge is -2.21. The molecular formula is C26H38O4. The van der Waals surface area contributed by atoms with Crippen molar-refractivity contribution in [3.8, 4) is 0 Å². The average molecular weight is 415 g/mol. The number of hydrogen-bond donors (Lipinski definition) is 2. The molecule has 2 rings (SSSR count). The molecular weight excluding hydrogens is 376 g/mol. The van der Waals surface area contributed by atoms with E-state index in [1.165, 1.54) is 0 Å². The quantitative estimate of drug-likeness (QED) is 0.444. The standard InChI is InChI=1S/C26H38O4/c1-25(2,17-27)15-5-7-19-9-11-21(23(19)29)13-14-22-12-10-20(24(22)30)8-6-16-26(3,4)18-28/h9-12,27-28H,5-8,13-18H2,1-4H3. The van der Waals surface area contributed by atoms with Gasteiger partial charge in [-0.2, -0.15) is 0 Å². The zero-order valence-electron chi connectivity index (χ0n) is 19.1. The second kappa shape index (κ2) is 10.5. The molecule has 0 spiro atoms. The van der Waals surface area contributed by atoms with E-state index in [1.54, 1.807) is 0 Å². The number of hydrogen-bond acceptors (Lipinski definition) is 4. The van der Waals surface area contributed by atoms with Crippen LogP contribution >= 0.6 is 0 Å². The molecule has 0 amide bonds. The lowest BCUT2D eigenvalue weighted by atomic mass is 9.87. The molecule has 2 N–H and O–H groups in total. The predicted octanol–water partition coefficient (Wildman–Crippen LogP) is 5.02. The number of aliphatic hydroxyl groups excluding tert-OH is 2. The van der Waals surface area contributed by atoms with Crippen molar-refractivity contribution < 1.29 is 19.8 Å². The molecule has 4 heteroatoms. The first-order valence-electron chi connectivity index (χ1n) is 11.2. The Morgan fingerprint density at radius 3 is 1.20 bits per heavy atom. The highest BCUT2D eigenvalue weighted by atomic mass is 16.3. The van der Waals surface area contributed by atoms with Crippen molar-refractivity contribution in [2.75, 3.05) is 13.2 Å². The van der Waals surface area contributed by atoms with E-state index >= 15 is 0 Å². The Morgan fingerprint density at radius 1 is 0.600 bits per heavy atom. The molecule has 0 aromatic carbocycles. The molecule has 0 fully saturated rings. The molecule has 4 nitrogen and oxygen atoms in total. The Kier molecular flexibility index (Phi) is 8.57. The van der Waals surface area contributed by atoms with Crippen LogP contribution in [0.4, 0.5) is 0 Å². The van der Waals surface area contributed by atoms with Crippen molar-refractivity contribution in [2.45, 2.75) is 79.1 Å². The molecule has 166 valence electrons. The first-order valence-corrected chi connectivity index (χ1v) is 11.2. The van der Waals surface area contributed by atoms with Gasteiger partial charge in [-0.05, 0) is 73.3 Å². The number of allylic oxidation sites excluding steroid dienone is 8. The highest BCUT2D eigenvalue weighted by molar-refractivity contribution is 6.12. The van der Waals surface area contributed by atoms with E-state index in [0.717, 1.165) is 60.8 Å². The summed E-state index contributed by atoms with van der Waals surface area (Å²) in [6.07, 6.45) is 13.8. The van der Waals surface area contributed by atoms with E-state index in [1.807, 2.05) is 52.0 Å². The van der Waals surface area contributed by atoms with Gasteiger partial charge in [-0.15, -0.1) is 0 Å². The maximum atomic E-state index is 12.6. The van der Waals surface area contributed by atoms with Gasteiger partial charge in [-0.25, -0.2) is 0 Å². The van der Waals surface area contributed by atoms with Crippen molar-refractivity contribution in [1.82, 2.24) is 0 Å². The molecule has 0 aromatic heterocycles. The van der Waals surface area contributed by atoms with Crippen LogP contribution in [0.2, 0.25) is 0 Å². The molecule has 30 heavy (non-hydrogen) atoms. The lowest BCUT2D eigenvalue weighted by Crippen LogP contribution is -2.16. The molecule has 0 bridgehead atoms. The van der Waals surface area contributed by atoms with E-state index in [2.05, 4.69) is 0 Å². The maximum Gasteiger partial charge on any atom is 0.184 e. The zero-order chi connectivity index (χ0) is 22.4. The van der Waals surface area contributed by atoms with Gasteiger partial charge in [-0.1, -0.05) is 52.0 Å². The van der Waals surface area contributed by atoms with Crippen LogP contribution in [0.15, 0.2) is 46.6 Å². The lowest BCUT2D eigenvalue weighted by molar-refractivity contribution is -0.113. The molecule has 0 aromatic rings. The van der Waals surface area contributed by atoms with Crippen LogP contribution in [-0.4, -0.2) is 35.0 Å². The molecule has 2 aliphatic rings. The van der Waals surface area contributed by atoms with E-state index in [0.29, 0.717) is 12.8 Å². The predicted molar refractivity (Wildman–Crippen MR) is 121 cm³/mol. The van der Waals surface area contributed by atoms with Gasteiger partial charge in [-0.3, -0.25) is 9.59 Å². The van der Waals surface area contributed by atoms with Crippen LogP contribution in [0.3, 0.4) is 0 Å². The van der Waals surface area contributed by atoms with Gasteiger partial charge in [0, 0.05) is 24.4 Å². The molecule has 0 saturated carbocycles. The number of carbonyl (C=O) groups is 2. The monoisotopic (exact) mass is 414 g/mol. The van der Waals surface area contributed by atoms with Gasteiger partial charge < -0.3 is 10.2 Å². The minimum absolute atomic E-state index is 0.105. The van der Waals surface area contributed by atoms with Crippen LogP contribution in [0, 0.1) is 10.8 Å². The van der Waals surface area contributed by atoms with Crippen LogP contribution in [0.5, 0.6) is 0 Å². The van der Waals surface area contributed by atoms with Crippen molar-refractivity contribution in [3.05, 3.63) is 46.6 Å². The first kappa shape index (κ1) is 24.5. The van der Waals surface area contributed by atoms with Gasteiger partial charge in [0.15, 0.2) is 11.6 Å². The van der Waals surface area contributed by atoms with E-state index in [-0.39, 0.29) is 35.6 Å². The fourth-order valence-electron chi connectivity index (χ4n) is 3.85. The van der Waals surface area contributed by atoms with Gasteiger partial charge >= 0.3 is 0 Å². The van der Waals surface area contributed by atoms with Crippen molar-refractivity contribution in [1.29, 1.82) is 0 Å². The van der Waals surface area contributed by atoms with Gasteiger partial charge in [0.05, 0.1) is 0 Å².